The predicted molar refractivity (Wildman–Crippen MR) is 358 cm³/mol. The number of nitriles is 2. The molecule has 2 N–H and O–H groups in total. The van der Waals surface area contributed by atoms with Gasteiger partial charge in [-0.15, -0.1) is 0 Å². The van der Waals surface area contributed by atoms with Crippen LogP contribution in [0.5, 0.6) is 0 Å². The van der Waals surface area contributed by atoms with Crippen LogP contribution in [0.15, 0.2) is 0 Å². The number of hydrogen-bond donors (Lipinski definition) is 2. The second-order valence-corrected chi connectivity index (χ2v) is 39.4. The fourth-order valence-electron chi connectivity index (χ4n) is 30.1. The lowest BCUT2D eigenvalue weighted by atomic mass is 9.41. The van der Waals surface area contributed by atoms with E-state index in [1.807, 2.05) is 27.7 Å². The van der Waals surface area contributed by atoms with Crippen LogP contribution in [0.2, 0.25) is 0 Å². The van der Waals surface area contributed by atoms with Crippen LogP contribution in [0.3, 0.4) is 0 Å². The molecule has 20 rings (SSSR count). The quantitative estimate of drug-likeness (QED) is 0.118. The van der Waals surface area contributed by atoms with Gasteiger partial charge in [-0.1, -0.05) is 0 Å². The highest BCUT2D eigenvalue weighted by Crippen LogP contribution is 2.74. The first kappa shape index (κ1) is 69.7. The fraction of sp³-hybridized carbons (Fsp3) is 0.914. The summed E-state index contributed by atoms with van der Waals surface area (Å²) in [6.45, 7) is 28.4. The highest BCUT2D eigenvalue weighted by atomic mass is 16.6. The molecule has 0 aromatic carbocycles. The summed E-state index contributed by atoms with van der Waals surface area (Å²) in [6.07, 6.45) is 30.7. The van der Waals surface area contributed by atoms with E-state index in [-0.39, 0.29) is 74.4 Å². The maximum absolute atomic E-state index is 11.4. The van der Waals surface area contributed by atoms with Crippen molar-refractivity contribution in [1.82, 2.24) is 0 Å². The summed E-state index contributed by atoms with van der Waals surface area (Å²) in [5.41, 5.74) is -2.13. The van der Waals surface area contributed by atoms with Gasteiger partial charge in [0.1, 0.15) is 28.0 Å². The van der Waals surface area contributed by atoms with Gasteiger partial charge in [0.05, 0.1) is 29.3 Å². The lowest BCUT2D eigenvalue weighted by molar-refractivity contribution is -0.231. The topological polar surface area (TPSA) is 220 Å². The molecule has 14 nitrogen and oxygen atoms in total. The molecule has 20 bridgehead atoms. The van der Waals surface area contributed by atoms with E-state index in [0.29, 0.717) is 53.3 Å². The molecule has 20 saturated carbocycles. The van der Waals surface area contributed by atoms with E-state index in [4.69, 9.17) is 23.7 Å². The van der Waals surface area contributed by atoms with Gasteiger partial charge in [-0.2, -0.15) is 10.5 Å². The Kier molecular flexibility index (Phi) is 17.6. The minimum absolute atomic E-state index is 0.00248. The molecule has 0 aromatic heterocycles. The normalized spacial score (nSPS) is 47.5. The molecule has 20 unspecified atom stereocenters. The number of aliphatic hydroxyl groups is 2. The first-order valence-corrected chi connectivity index (χ1v) is 38.4. The predicted octanol–water partition coefficient (Wildman–Crippen LogP) is 15.7. The molecular weight excluding hydrogens is 1190 g/mol. The second kappa shape index (κ2) is 24.0. The minimum atomic E-state index is -0.485. The van der Waals surface area contributed by atoms with Gasteiger partial charge >= 0.3 is 29.8 Å². The number of fused-ring (bicyclic) bond motifs is 18. The zero-order valence-corrected chi connectivity index (χ0v) is 61.0. The zero-order valence-electron chi connectivity index (χ0n) is 61.0. The molecule has 20 atom stereocenters. The van der Waals surface area contributed by atoms with E-state index in [1.165, 1.54) is 118 Å². The van der Waals surface area contributed by atoms with Crippen molar-refractivity contribution in [2.45, 2.75) is 311 Å². The van der Waals surface area contributed by atoms with E-state index in [0.717, 1.165) is 154 Å². The Morgan fingerprint density at radius 3 is 1.11 bits per heavy atom. The molecule has 528 valence electrons. The van der Waals surface area contributed by atoms with Crippen molar-refractivity contribution >= 4 is 29.8 Å². The average molecular weight is 1320 g/mol. The van der Waals surface area contributed by atoms with Crippen LogP contribution in [-0.4, -0.2) is 79.8 Å². The third-order valence-electron chi connectivity index (χ3n) is 31.8. The van der Waals surface area contributed by atoms with Crippen molar-refractivity contribution < 1.29 is 57.9 Å². The number of carbonyl (C=O) groups is 5. The SMILES string of the molecule is CC(=O)OC(C)(C)C12CC3CC(CC(C#N)(C3)C1)C2.CC(=O)OC(C)(C)C12CC3CC(CC(C3)C1)C2.CC(=O)OC(C)(C)C12CC3CC(CC(O)(C3)C1)C2.CC(=O)OC(C)(C)C1CC2CC1C1C3CC(C#N)C(C3)C21.CC(=O)OC(C)(C)C1CC2CC1C1C3CC(O)C(C3)C21. The standard InChI is InChI=1S/C18H25NO2.C17H26O3.C16H23NO2.C15H24O3.C15H24O2/c1-9(20)21-18(2,3)15-7-11-6-14(15)17-10-4-12(8-19)13(5-10)16(11)17;1-8(18)20-17(2,3)13-6-9-4-11(13)15-10-5-12(16(9)15)14(19)7-10;1-11(18)19-14(2,3)16-7-12-4-13(8-16)6-15(5-12,9-16)10-17;1-10(16)18-13(2,3)14-5-11-4-12(6-14)8-15(17,7-11)9-14;1-10(16)17-14(2,3)15-7-11-4-12(8-15)6-13(5-11)9-15/h10-17H,4-7H2,1-3H3;9-16,19H,4-7H2,1-3H3;12-13H,4-9H2,1-3H3;11-12,17H,4-9H2,1-3H3;11-13H,4-9H2,1-3H3. The van der Waals surface area contributed by atoms with E-state index >= 15 is 0 Å². The van der Waals surface area contributed by atoms with Crippen LogP contribution in [0.1, 0.15) is 271 Å². The van der Waals surface area contributed by atoms with Crippen molar-refractivity contribution in [3.63, 3.8) is 0 Å². The molecule has 14 heteroatoms. The van der Waals surface area contributed by atoms with Gasteiger partial charge in [-0.05, 0) is 349 Å². The Labute approximate surface area is 570 Å². The van der Waals surface area contributed by atoms with E-state index in [2.05, 4.69) is 53.7 Å². The summed E-state index contributed by atoms with van der Waals surface area (Å²) in [5, 5.41) is 39.9. The zero-order chi connectivity index (χ0) is 68.5. The Morgan fingerprint density at radius 1 is 0.379 bits per heavy atom. The smallest absolute Gasteiger partial charge is 0.303 e. The van der Waals surface area contributed by atoms with Gasteiger partial charge in [0, 0.05) is 68.6 Å². The van der Waals surface area contributed by atoms with Gasteiger partial charge < -0.3 is 33.9 Å². The third kappa shape index (κ3) is 12.2. The number of aliphatic hydroxyl groups excluding tert-OH is 1. The Balaban J connectivity index is 0.000000108. The molecule has 0 aromatic rings. The monoisotopic (exact) mass is 1310 g/mol. The summed E-state index contributed by atoms with van der Waals surface area (Å²) < 4.78 is 28.3. The van der Waals surface area contributed by atoms with Crippen molar-refractivity contribution in [3.8, 4) is 12.1 Å². The number of nitrogens with zero attached hydrogens (tertiary/aromatic N) is 2. The summed E-state index contributed by atoms with van der Waals surface area (Å²) in [6, 6.07) is 5.18. The molecular formula is C81H122N2O12. The Hall–Kier alpha value is -3.75. The fourth-order valence-corrected chi connectivity index (χ4v) is 30.1. The van der Waals surface area contributed by atoms with Crippen molar-refractivity contribution in [1.29, 1.82) is 10.5 Å². The van der Waals surface area contributed by atoms with Crippen LogP contribution in [0.25, 0.3) is 0 Å². The molecule has 20 aliphatic rings. The summed E-state index contributed by atoms with van der Waals surface area (Å²) in [7, 11) is 0. The minimum Gasteiger partial charge on any atom is -0.460 e. The van der Waals surface area contributed by atoms with Gasteiger partial charge in [-0.3, -0.25) is 24.0 Å². The van der Waals surface area contributed by atoms with Gasteiger partial charge in [-0.25, -0.2) is 0 Å². The van der Waals surface area contributed by atoms with Crippen LogP contribution < -0.4 is 0 Å². The van der Waals surface area contributed by atoms with E-state index in [9.17, 15) is 44.7 Å². The molecule has 95 heavy (non-hydrogen) atoms. The maximum Gasteiger partial charge on any atom is 0.303 e. The Morgan fingerprint density at radius 2 is 0.705 bits per heavy atom. The average Bonchev–Trinajstić information content (AvgIpc) is 1.56. The van der Waals surface area contributed by atoms with E-state index < -0.39 is 16.8 Å². The molecule has 20 aliphatic carbocycles. The van der Waals surface area contributed by atoms with Gasteiger partial charge in [0.15, 0.2) is 0 Å². The molecule has 0 aliphatic heterocycles. The number of rotatable bonds is 10. The second-order valence-electron chi connectivity index (χ2n) is 39.4. The lowest BCUT2D eigenvalue weighted by Gasteiger charge is -2.64. The van der Waals surface area contributed by atoms with Gasteiger partial charge in [0.25, 0.3) is 0 Å². The number of hydrogen-bond acceptors (Lipinski definition) is 14. The van der Waals surface area contributed by atoms with Crippen LogP contribution in [-0.2, 0) is 47.7 Å². The lowest BCUT2D eigenvalue weighted by Crippen LogP contribution is -2.62. The first-order valence-electron chi connectivity index (χ1n) is 38.4. The summed E-state index contributed by atoms with van der Waals surface area (Å²) in [5.74, 6) is 14.9. The molecule has 0 radical (unpaired) electrons. The Bertz CT molecular complexity index is 3030. The summed E-state index contributed by atoms with van der Waals surface area (Å²) >= 11 is 0. The van der Waals surface area contributed by atoms with Crippen molar-refractivity contribution in [2.75, 3.05) is 0 Å². The molecule has 0 spiro atoms. The highest BCUT2D eigenvalue weighted by molar-refractivity contribution is 5.68. The maximum atomic E-state index is 11.4. The third-order valence-corrected chi connectivity index (χ3v) is 31.8. The van der Waals surface area contributed by atoms with Crippen LogP contribution in [0, 0.1) is 175 Å². The summed E-state index contributed by atoms with van der Waals surface area (Å²) in [4.78, 5) is 56.9. The molecule has 0 saturated heterocycles. The molecule has 0 amide bonds. The molecule has 0 heterocycles. The number of carbonyl (C=O) groups excluding carboxylic acids is 5. The van der Waals surface area contributed by atoms with E-state index in [1.54, 1.807) is 6.92 Å². The highest BCUT2D eigenvalue weighted by Gasteiger charge is 2.70. The van der Waals surface area contributed by atoms with Crippen LogP contribution >= 0.6 is 0 Å². The number of esters is 5. The van der Waals surface area contributed by atoms with Crippen molar-refractivity contribution in [2.24, 2.45) is 152 Å². The van der Waals surface area contributed by atoms with Gasteiger partial charge in [0.2, 0.25) is 0 Å². The number of ether oxygens (including phenoxy) is 5. The largest absolute Gasteiger partial charge is 0.460 e. The van der Waals surface area contributed by atoms with Crippen LogP contribution in [0.4, 0.5) is 0 Å². The van der Waals surface area contributed by atoms with Crippen molar-refractivity contribution in [3.05, 3.63) is 0 Å². The first-order chi connectivity index (χ1) is 44.2. The molecule has 20 fully saturated rings.